The van der Waals surface area contributed by atoms with Crippen LogP contribution >= 0.6 is 11.3 Å². The molecule has 0 aromatic carbocycles. The van der Waals surface area contributed by atoms with Gasteiger partial charge in [-0.1, -0.05) is 0 Å². The third-order valence-electron chi connectivity index (χ3n) is 1.38. The quantitative estimate of drug-likeness (QED) is 0.713. The summed E-state index contributed by atoms with van der Waals surface area (Å²) < 4.78 is 0. The molecule has 0 fully saturated rings. The van der Waals surface area contributed by atoms with E-state index in [1.54, 1.807) is 5.38 Å². The molecule has 0 aliphatic heterocycles. The molecule has 5 nitrogen and oxygen atoms in total. The number of amides is 1. The number of Topliss-reactive ketones (excluding diaryl/α,β-unsaturated/α-hetero) is 1. The summed E-state index contributed by atoms with van der Waals surface area (Å²) in [4.78, 5) is 25.3. The molecule has 0 radical (unpaired) electrons. The van der Waals surface area contributed by atoms with Crippen molar-refractivity contribution in [3.63, 3.8) is 0 Å². The van der Waals surface area contributed by atoms with Gasteiger partial charge in [-0.15, -0.1) is 11.3 Å². The highest BCUT2D eigenvalue weighted by Crippen LogP contribution is 2.06. The SMILES string of the molecule is C[C@H](NC(=O)O)C(=O)c1nccs1. The van der Waals surface area contributed by atoms with E-state index in [-0.39, 0.29) is 5.78 Å². The third-order valence-corrected chi connectivity index (χ3v) is 2.16. The van der Waals surface area contributed by atoms with Gasteiger partial charge < -0.3 is 10.4 Å². The molecular formula is C7H8N2O3S. The van der Waals surface area contributed by atoms with E-state index < -0.39 is 12.1 Å². The van der Waals surface area contributed by atoms with Crippen LogP contribution < -0.4 is 5.32 Å². The molecule has 1 amide bonds. The average Bonchev–Trinajstić information content (AvgIpc) is 2.53. The van der Waals surface area contributed by atoms with Gasteiger partial charge in [-0.3, -0.25) is 4.79 Å². The maximum Gasteiger partial charge on any atom is 0.405 e. The highest BCUT2D eigenvalue weighted by atomic mass is 32.1. The molecule has 70 valence electrons. The van der Waals surface area contributed by atoms with Crippen LogP contribution in [0.15, 0.2) is 11.6 Å². The molecule has 1 heterocycles. The summed E-state index contributed by atoms with van der Waals surface area (Å²) in [6.45, 7) is 1.48. The molecular weight excluding hydrogens is 192 g/mol. The molecule has 0 aliphatic carbocycles. The van der Waals surface area contributed by atoms with Gasteiger partial charge >= 0.3 is 6.09 Å². The largest absolute Gasteiger partial charge is 0.465 e. The summed E-state index contributed by atoms with van der Waals surface area (Å²) in [7, 11) is 0. The number of hydrogen-bond donors (Lipinski definition) is 2. The van der Waals surface area contributed by atoms with Crippen LogP contribution in [0.25, 0.3) is 0 Å². The first-order valence-corrected chi connectivity index (χ1v) is 4.42. The van der Waals surface area contributed by atoms with Gasteiger partial charge in [0.05, 0.1) is 6.04 Å². The fraction of sp³-hybridized carbons (Fsp3) is 0.286. The standard InChI is InChI=1S/C7H8N2O3S/c1-4(9-7(11)12)5(10)6-8-2-3-13-6/h2-4,9H,1H3,(H,11,12)/t4-/m0/s1. The molecule has 0 saturated carbocycles. The first-order chi connectivity index (χ1) is 6.11. The van der Waals surface area contributed by atoms with Crippen molar-refractivity contribution in [3.05, 3.63) is 16.6 Å². The lowest BCUT2D eigenvalue weighted by Crippen LogP contribution is -2.37. The maximum absolute atomic E-state index is 11.4. The molecule has 0 aliphatic rings. The molecule has 0 unspecified atom stereocenters. The number of rotatable bonds is 3. The fourth-order valence-electron chi connectivity index (χ4n) is 0.781. The van der Waals surface area contributed by atoms with E-state index in [4.69, 9.17) is 5.11 Å². The van der Waals surface area contributed by atoms with Crippen molar-refractivity contribution in [2.75, 3.05) is 0 Å². The molecule has 2 N–H and O–H groups in total. The number of carbonyl (C=O) groups excluding carboxylic acids is 1. The van der Waals surface area contributed by atoms with Gasteiger partial charge in [0.2, 0.25) is 5.78 Å². The monoisotopic (exact) mass is 200 g/mol. The van der Waals surface area contributed by atoms with Crippen LogP contribution in [0.4, 0.5) is 4.79 Å². The molecule has 1 aromatic rings. The molecule has 1 aromatic heterocycles. The number of nitrogens with one attached hydrogen (secondary N) is 1. The topological polar surface area (TPSA) is 79.3 Å². The minimum absolute atomic E-state index is 0.308. The van der Waals surface area contributed by atoms with Crippen LogP contribution in [0.1, 0.15) is 16.7 Å². The Hall–Kier alpha value is -1.43. The Labute approximate surface area is 78.4 Å². The average molecular weight is 200 g/mol. The molecule has 0 spiro atoms. The summed E-state index contributed by atoms with van der Waals surface area (Å²) in [5.41, 5.74) is 0. The lowest BCUT2D eigenvalue weighted by atomic mass is 10.2. The smallest absolute Gasteiger partial charge is 0.405 e. The Morgan fingerprint density at radius 3 is 2.85 bits per heavy atom. The molecule has 13 heavy (non-hydrogen) atoms. The highest BCUT2D eigenvalue weighted by molar-refractivity contribution is 7.11. The Bertz CT molecular complexity index is 310. The second-order valence-electron chi connectivity index (χ2n) is 2.37. The van der Waals surface area contributed by atoms with E-state index in [9.17, 15) is 9.59 Å². The lowest BCUT2D eigenvalue weighted by Gasteiger charge is -2.06. The van der Waals surface area contributed by atoms with Gasteiger partial charge in [-0.25, -0.2) is 9.78 Å². The van der Waals surface area contributed by atoms with E-state index >= 15 is 0 Å². The van der Waals surface area contributed by atoms with Crippen molar-refractivity contribution in [2.45, 2.75) is 13.0 Å². The summed E-state index contributed by atoms with van der Waals surface area (Å²) >= 11 is 1.19. The van der Waals surface area contributed by atoms with Crippen molar-refractivity contribution in [3.8, 4) is 0 Å². The summed E-state index contributed by atoms with van der Waals surface area (Å²) in [5, 5.41) is 12.4. The van der Waals surface area contributed by atoms with Gasteiger partial charge in [0, 0.05) is 11.6 Å². The minimum Gasteiger partial charge on any atom is -0.465 e. The Balaban J connectivity index is 2.63. The van der Waals surface area contributed by atoms with Gasteiger partial charge in [-0.05, 0) is 6.92 Å². The number of ketones is 1. The van der Waals surface area contributed by atoms with Gasteiger partial charge in [-0.2, -0.15) is 0 Å². The van der Waals surface area contributed by atoms with Crippen LogP contribution in [-0.2, 0) is 0 Å². The zero-order valence-electron chi connectivity index (χ0n) is 6.85. The zero-order chi connectivity index (χ0) is 9.84. The van der Waals surface area contributed by atoms with Crippen LogP contribution in [0.3, 0.4) is 0 Å². The van der Waals surface area contributed by atoms with E-state index in [0.29, 0.717) is 5.01 Å². The van der Waals surface area contributed by atoms with Crippen molar-refractivity contribution >= 4 is 23.2 Å². The molecule has 0 bridgehead atoms. The van der Waals surface area contributed by atoms with Crippen LogP contribution in [0, 0.1) is 0 Å². The number of aromatic nitrogens is 1. The predicted molar refractivity (Wildman–Crippen MR) is 47.1 cm³/mol. The second-order valence-corrected chi connectivity index (χ2v) is 3.27. The first-order valence-electron chi connectivity index (χ1n) is 3.54. The normalized spacial score (nSPS) is 12.1. The first kappa shape index (κ1) is 9.66. The van der Waals surface area contributed by atoms with E-state index in [1.807, 2.05) is 0 Å². The van der Waals surface area contributed by atoms with Crippen LogP contribution in [-0.4, -0.2) is 28.0 Å². The predicted octanol–water partition coefficient (Wildman–Crippen LogP) is 0.982. The Morgan fingerprint density at radius 1 is 1.69 bits per heavy atom. The molecule has 1 atom stereocenters. The number of hydrogen-bond acceptors (Lipinski definition) is 4. The van der Waals surface area contributed by atoms with Gasteiger partial charge in [0.15, 0.2) is 5.01 Å². The van der Waals surface area contributed by atoms with Crippen LogP contribution in [0.2, 0.25) is 0 Å². The number of carbonyl (C=O) groups is 2. The summed E-state index contributed by atoms with van der Waals surface area (Å²) in [6, 6.07) is -0.747. The Kier molecular flexibility index (Phi) is 2.97. The lowest BCUT2D eigenvalue weighted by molar-refractivity contribution is 0.0945. The molecule has 0 saturated heterocycles. The van der Waals surface area contributed by atoms with Gasteiger partial charge in [0.1, 0.15) is 0 Å². The van der Waals surface area contributed by atoms with E-state index in [0.717, 1.165) is 0 Å². The maximum atomic E-state index is 11.4. The molecule has 1 rings (SSSR count). The zero-order valence-corrected chi connectivity index (χ0v) is 7.67. The summed E-state index contributed by atoms with van der Waals surface area (Å²) in [6.07, 6.45) is 0.295. The second kappa shape index (κ2) is 3.99. The molecule has 6 heteroatoms. The minimum atomic E-state index is -1.21. The Morgan fingerprint density at radius 2 is 2.38 bits per heavy atom. The van der Waals surface area contributed by atoms with Crippen molar-refractivity contribution in [1.82, 2.24) is 10.3 Å². The number of nitrogens with zero attached hydrogens (tertiary/aromatic N) is 1. The third kappa shape index (κ3) is 2.51. The fourth-order valence-corrected chi connectivity index (χ4v) is 1.45. The number of thiazole rings is 1. The number of carboxylic acid groups (broad SMARTS) is 1. The van der Waals surface area contributed by atoms with Crippen LogP contribution in [0.5, 0.6) is 0 Å². The summed E-state index contributed by atoms with van der Waals surface area (Å²) in [5.74, 6) is -0.308. The van der Waals surface area contributed by atoms with Crippen molar-refractivity contribution < 1.29 is 14.7 Å². The van der Waals surface area contributed by atoms with E-state index in [1.165, 1.54) is 24.5 Å². The highest BCUT2D eigenvalue weighted by Gasteiger charge is 2.18. The van der Waals surface area contributed by atoms with Crippen molar-refractivity contribution in [2.24, 2.45) is 0 Å². The van der Waals surface area contributed by atoms with E-state index in [2.05, 4.69) is 10.3 Å². The van der Waals surface area contributed by atoms with Crippen molar-refractivity contribution in [1.29, 1.82) is 0 Å². The van der Waals surface area contributed by atoms with Gasteiger partial charge in [0.25, 0.3) is 0 Å².